The zero-order chi connectivity index (χ0) is 18.6. The molecule has 1 aliphatic rings. The molecule has 1 saturated heterocycles. The molecule has 4 nitrogen and oxygen atoms in total. The third-order valence-electron chi connectivity index (χ3n) is 4.56. The van der Waals surface area contributed by atoms with Crippen molar-refractivity contribution in [3.05, 3.63) is 59.7 Å². The van der Waals surface area contributed by atoms with Crippen LogP contribution in [0, 0.1) is 6.92 Å². The van der Waals surface area contributed by atoms with E-state index in [1.165, 1.54) is 5.56 Å². The van der Waals surface area contributed by atoms with Crippen LogP contribution in [0.4, 0.5) is 0 Å². The number of ether oxygens (including phenoxy) is 1. The van der Waals surface area contributed by atoms with Gasteiger partial charge in [-0.1, -0.05) is 30.3 Å². The highest BCUT2D eigenvalue weighted by Gasteiger charge is 2.28. The van der Waals surface area contributed by atoms with E-state index in [1.54, 1.807) is 22.5 Å². The Hall–Kier alpha value is -1.50. The average Bonchev–Trinajstić information content (AvgIpc) is 2.91. The van der Waals surface area contributed by atoms with Gasteiger partial charge in [0, 0.05) is 24.1 Å². The van der Waals surface area contributed by atoms with Crippen LogP contribution < -0.4 is 4.74 Å². The number of thioether (sulfide) groups is 1. The number of rotatable bonds is 5. The van der Waals surface area contributed by atoms with Crippen LogP contribution in [0.2, 0.25) is 0 Å². The Morgan fingerprint density at radius 3 is 2.62 bits per heavy atom. The Labute approximate surface area is 160 Å². The summed E-state index contributed by atoms with van der Waals surface area (Å²) >= 11 is 1.84. The molecule has 1 fully saturated rings. The fourth-order valence-corrected chi connectivity index (χ4v) is 6.06. The van der Waals surface area contributed by atoms with E-state index in [0.29, 0.717) is 29.8 Å². The van der Waals surface area contributed by atoms with Crippen molar-refractivity contribution in [3.8, 4) is 5.75 Å². The number of hydrogen-bond donors (Lipinski definition) is 0. The first kappa shape index (κ1) is 19.3. The second-order valence-electron chi connectivity index (χ2n) is 6.32. The average molecular weight is 392 g/mol. The lowest BCUT2D eigenvalue weighted by atomic mass is 10.1. The van der Waals surface area contributed by atoms with Crippen molar-refractivity contribution in [2.75, 3.05) is 25.4 Å². The second kappa shape index (κ2) is 8.46. The first-order valence-electron chi connectivity index (χ1n) is 8.92. The topological polar surface area (TPSA) is 46.6 Å². The van der Waals surface area contributed by atoms with Crippen molar-refractivity contribution in [1.82, 2.24) is 4.31 Å². The zero-order valence-electron chi connectivity index (χ0n) is 15.2. The van der Waals surface area contributed by atoms with Crippen LogP contribution in [0.5, 0.6) is 5.75 Å². The van der Waals surface area contributed by atoms with Crippen molar-refractivity contribution < 1.29 is 13.2 Å². The minimum absolute atomic E-state index is 0.346. The van der Waals surface area contributed by atoms with Gasteiger partial charge in [0.1, 0.15) is 5.75 Å². The quantitative estimate of drug-likeness (QED) is 0.764. The molecule has 1 heterocycles. The molecule has 0 amide bonds. The van der Waals surface area contributed by atoms with Gasteiger partial charge in [0.05, 0.1) is 11.5 Å². The molecule has 2 aromatic rings. The third-order valence-corrected chi connectivity index (χ3v) is 7.78. The molecule has 3 rings (SSSR count). The highest BCUT2D eigenvalue weighted by molar-refractivity contribution is 7.99. The maximum Gasteiger partial charge on any atom is 0.243 e. The molecule has 0 radical (unpaired) electrons. The summed E-state index contributed by atoms with van der Waals surface area (Å²) in [5.74, 6) is 1.54. The maximum atomic E-state index is 13.1. The summed E-state index contributed by atoms with van der Waals surface area (Å²) in [6, 6.07) is 15.5. The molecule has 0 saturated carbocycles. The lowest BCUT2D eigenvalue weighted by Crippen LogP contribution is -2.33. The molecule has 0 bridgehead atoms. The van der Waals surface area contributed by atoms with Crippen LogP contribution in [-0.2, 0) is 10.0 Å². The van der Waals surface area contributed by atoms with Crippen molar-refractivity contribution in [3.63, 3.8) is 0 Å². The highest BCUT2D eigenvalue weighted by Crippen LogP contribution is 2.35. The van der Waals surface area contributed by atoms with Crippen molar-refractivity contribution in [1.29, 1.82) is 0 Å². The smallest absolute Gasteiger partial charge is 0.243 e. The first-order chi connectivity index (χ1) is 12.5. The van der Waals surface area contributed by atoms with E-state index >= 15 is 0 Å². The van der Waals surface area contributed by atoms with Gasteiger partial charge in [0.15, 0.2) is 0 Å². The molecule has 0 N–H and O–H groups in total. The van der Waals surface area contributed by atoms with E-state index in [4.69, 9.17) is 4.74 Å². The van der Waals surface area contributed by atoms with Gasteiger partial charge in [-0.2, -0.15) is 16.1 Å². The molecule has 6 heteroatoms. The minimum atomic E-state index is -3.48. The highest BCUT2D eigenvalue weighted by atomic mass is 32.2. The Morgan fingerprint density at radius 2 is 1.92 bits per heavy atom. The molecule has 0 aromatic heterocycles. The number of aryl methyl sites for hydroxylation is 1. The molecule has 140 valence electrons. The Morgan fingerprint density at radius 1 is 1.15 bits per heavy atom. The molecular weight excluding hydrogens is 366 g/mol. The van der Waals surface area contributed by atoms with Gasteiger partial charge in [0.2, 0.25) is 10.0 Å². The second-order valence-corrected chi connectivity index (χ2v) is 9.57. The number of benzene rings is 2. The lowest BCUT2D eigenvalue weighted by molar-refractivity contribution is 0.337. The molecule has 2 aromatic carbocycles. The molecular formula is C20H25NO3S2. The van der Waals surface area contributed by atoms with Gasteiger partial charge in [-0.05, 0) is 49.6 Å². The van der Waals surface area contributed by atoms with Crippen LogP contribution in [-0.4, -0.2) is 38.2 Å². The molecule has 0 aliphatic carbocycles. The van der Waals surface area contributed by atoms with Crippen molar-refractivity contribution >= 4 is 21.8 Å². The van der Waals surface area contributed by atoms with Crippen molar-refractivity contribution in [2.24, 2.45) is 0 Å². The van der Waals surface area contributed by atoms with E-state index in [1.807, 2.05) is 43.8 Å². The van der Waals surface area contributed by atoms with Gasteiger partial charge < -0.3 is 4.74 Å². The maximum absolute atomic E-state index is 13.1. The van der Waals surface area contributed by atoms with Gasteiger partial charge in [-0.3, -0.25) is 0 Å². The van der Waals surface area contributed by atoms with Crippen LogP contribution in [0.15, 0.2) is 53.4 Å². The molecule has 0 spiro atoms. The predicted molar refractivity (Wildman–Crippen MR) is 107 cm³/mol. The van der Waals surface area contributed by atoms with Crippen LogP contribution >= 0.6 is 11.8 Å². The Kier molecular flexibility index (Phi) is 6.27. The van der Waals surface area contributed by atoms with Crippen LogP contribution in [0.1, 0.15) is 29.7 Å². The third kappa shape index (κ3) is 4.24. The lowest BCUT2D eigenvalue weighted by Gasteiger charge is -2.20. The monoisotopic (exact) mass is 391 g/mol. The minimum Gasteiger partial charge on any atom is -0.494 e. The summed E-state index contributed by atoms with van der Waals surface area (Å²) in [6.07, 6.45) is 0.823. The standard InChI is InChI=1S/C20H25NO3S2/c1-3-24-19-10-9-18(15-16(19)2)26(22,23)21-12-11-20(25-14-13-21)17-7-5-4-6-8-17/h4-10,15,20H,3,11-14H2,1-2H3. The van der Waals surface area contributed by atoms with E-state index in [9.17, 15) is 8.42 Å². The van der Waals surface area contributed by atoms with Gasteiger partial charge >= 0.3 is 0 Å². The summed E-state index contributed by atoms with van der Waals surface area (Å²) in [4.78, 5) is 0.349. The Bertz CT molecular complexity index is 837. The summed E-state index contributed by atoms with van der Waals surface area (Å²) in [6.45, 7) is 5.46. The predicted octanol–water partition coefficient (Wildman–Crippen LogP) is 4.26. The van der Waals surface area contributed by atoms with Crippen molar-refractivity contribution in [2.45, 2.75) is 30.4 Å². The van der Waals surface area contributed by atoms with Gasteiger partial charge in [-0.25, -0.2) is 8.42 Å². The molecule has 26 heavy (non-hydrogen) atoms. The zero-order valence-corrected chi connectivity index (χ0v) is 16.9. The fourth-order valence-electron chi connectivity index (χ4n) is 3.17. The van der Waals surface area contributed by atoms with E-state index in [0.717, 1.165) is 23.5 Å². The fraction of sp³-hybridized carbons (Fsp3) is 0.400. The van der Waals surface area contributed by atoms with Gasteiger partial charge in [0.25, 0.3) is 0 Å². The van der Waals surface area contributed by atoms with Gasteiger partial charge in [-0.15, -0.1) is 0 Å². The number of hydrogen-bond acceptors (Lipinski definition) is 4. The van der Waals surface area contributed by atoms with Crippen LogP contribution in [0.3, 0.4) is 0 Å². The molecule has 1 aliphatic heterocycles. The number of nitrogens with zero attached hydrogens (tertiary/aromatic N) is 1. The summed E-state index contributed by atoms with van der Waals surface area (Å²) < 4.78 is 33.3. The normalized spacial score (nSPS) is 19.1. The van der Waals surface area contributed by atoms with E-state index in [2.05, 4.69) is 12.1 Å². The summed E-state index contributed by atoms with van der Waals surface area (Å²) in [5.41, 5.74) is 2.12. The first-order valence-corrected chi connectivity index (χ1v) is 11.4. The van der Waals surface area contributed by atoms with Crippen LogP contribution in [0.25, 0.3) is 0 Å². The molecule has 1 unspecified atom stereocenters. The molecule has 1 atom stereocenters. The van der Waals surface area contributed by atoms with E-state index < -0.39 is 10.0 Å². The summed E-state index contributed by atoms with van der Waals surface area (Å²) in [7, 11) is -3.48. The Balaban J connectivity index is 1.76. The SMILES string of the molecule is CCOc1ccc(S(=O)(=O)N2CCSC(c3ccccc3)CC2)cc1C. The summed E-state index contributed by atoms with van der Waals surface area (Å²) in [5, 5.41) is 0.346. The van der Waals surface area contributed by atoms with E-state index in [-0.39, 0.29) is 0 Å². The largest absolute Gasteiger partial charge is 0.494 e. The number of sulfonamides is 1.